The molecule has 0 unspecified atom stereocenters. The lowest BCUT2D eigenvalue weighted by atomic mass is 10.2. The topological polar surface area (TPSA) is 105 Å². The minimum absolute atomic E-state index is 0.0733. The summed E-state index contributed by atoms with van der Waals surface area (Å²) in [6.07, 6.45) is 0. The largest absolute Gasteiger partial charge is 0.462 e. The standard InChI is InChI=1S/C25H25ClN4O5S/c1-2-35-25(32)24-19(15-22(36-24)17-7-9-18(26)10-8-17)27-23(31)16-28-11-13-29(14-12-28)20-5-3-4-6-21(20)30(33)34/h3-10,15H,2,11-14,16H2,1H3,(H,27,31). The summed E-state index contributed by atoms with van der Waals surface area (Å²) in [6.45, 7) is 4.36. The highest BCUT2D eigenvalue weighted by Gasteiger charge is 2.25. The molecule has 0 spiro atoms. The fraction of sp³-hybridized carbons (Fsp3) is 0.280. The van der Waals surface area contributed by atoms with E-state index in [0.717, 1.165) is 10.4 Å². The van der Waals surface area contributed by atoms with Crippen LogP contribution in [0.15, 0.2) is 54.6 Å². The van der Waals surface area contributed by atoms with E-state index in [1.54, 1.807) is 43.3 Å². The predicted octanol–water partition coefficient (Wildman–Crippen LogP) is 4.91. The Hall–Kier alpha value is -3.47. The number of piperazine rings is 1. The number of nitrogens with zero attached hydrogens (tertiary/aromatic N) is 3. The van der Waals surface area contributed by atoms with Gasteiger partial charge in [0.15, 0.2) is 0 Å². The number of hydrogen-bond donors (Lipinski definition) is 1. The summed E-state index contributed by atoms with van der Waals surface area (Å²) in [4.78, 5) is 41.5. The van der Waals surface area contributed by atoms with Crippen LogP contribution in [0.5, 0.6) is 0 Å². The molecule has 1 amide bonds. The SMILES string of the molecule is CCOC(=O)c1sc(-c2ccc(Cl)cc2)cc1NC(=O)CN1CCN(c2ccccc2[N+](=O)[O-])CC1. The van der Waals surface area contributed by atoms with Gasteiger partial charge in [0.25, 0.3) is 5.69 Å². The third-order valence-electron chi connectivity index (χ3n) is 5.75. The van der Waals surface area contributed by atoms with E-state index in [4.69, 9.17) is 16.3 Å². The van der Waals surface area contributed by atoms with Gasteiger partial charge in [0, 0.05) is 42.1 Å². The molecule has 1 aliphatic heterocycles. The number of thiophene rings is 1. The Morgan fingerprint density at radius 1 is 1.11 bits per heavy atom. The number of amides is 1. The Morgan fingerprint density at radius 2 is 1.81 bits per heavy atom. The number of hydrogen-bond acceptors (Lipinski definition) is 8. The van der Waals surface area contributed by atoms with E-state index >= 15 is 0 Å². The number of carbonyl (C=O) groups excluding carboxylic acids is 2. The lowest BCUT2D eigenvalue weighted by Gasteiger charge is -2.35. The fourth-order valence-electron chi connectivity index (χ4n) is 4.01. The zero-order chi connectivity index (χ0) is 25.7. The van der Waals surface area contributed by atoms with Gasteiger partial charge < -0.3 is 15.0 Å². The van der Waals surface area contributed by atoms with Crippen molar-refractivity contribution in [2.75, 3.05) is 49.5 Å². The molecule has 0 aliphatic carbocycles. The number of halogens is 1. The quantitative estimate of drug-likeness (QED) is 0.251. The van der Waals surface area contributed by atoms with Gasteiger partial charge in [0.1, 0.15) is 10.6 Å². The van der Waals surface area contributed by atoms with Gasteiger partial charge >= 0.3 is 5.97 Å². The molecule has 2 aromatic carbocycles. The molecule has 0 atom stereocenters. The maximum atomic E-state index is 12.9. The molecule has 1 aromatic heterocycles. The smallest absolute Gasteiger partial charge is 0.350 e. The normalized spacial score (nSPS) is 13.9. The molecular weight excluding hydrogens is 504 g/mol. The zero-order valence-electron chi connectivity index (χ0n) is 19.6. The van der Waals surface area contributed by atoms with Crippen molar-refractivity contribution in [3.05, 3.63) is 74.6 Å². The first-order chi connectivity index (χ1) is 17.4. The summed E-state index contributed by atoms with van der Waals surface area (Å²) in [5.41, 5.74) is 1.94. The molecule has 0 radical (unpaired) electrons. The number of benzene rings is 2. The van der Waals surface area contributed by atoms with E-state index in [0.29, 0.717) is 47.5 Å². The first-order valence-corrected chi connectivity index (χ1v) is 12.6. The zero-order valence-corrected chi connectivity index (χ0v) is 21.2. The molecule has 2 heterocycles. The minimum Gasteiger partial charge on any atom is -0.462 e. The molecule has 11 heteroatoms. The monoisotopic (exact) mass is 528 g/mol. The Labute approximate surface area is 217 Å². The van der Waals surface area contributed by atoms with E-state index in [1.807, 2.05) is 21.9 Å². The number of esters is 1. The summed E-state index contributed by atoms with van der Waals surface area (Å²) in [7, 11) is 0. The van der Waals surface area contributed by atoms with Crippen molar-refractivity contribution in [2.24, 2.45) is 0 Å². The number of para-hydroxylation sites is 2. The number of rotatable bonds is 8. The predicted molar refractivity (Wildman–Crippen MR) is 141 cm³/mol. The van der Waals surface area contributed by atoms with Crippen molar-refractivity contribution in [2.45, 2.75) is 6.92 Å². The van der Waals surface area contributed by atoms with Crippen LogP contribution in [-0.4, -0.2) is 61.0 Å². The van der Waals surface area contributed by atoms with Crippen LogP contribution in [0.2, 0.25) is 5.02 Å². The van der Waals surface area contributed by atoms with Crippen molar-refractivity contribution < 1.29 is 19.2 Å². The number of ether oxygens (including phenoxy) is 1. The van der Waals surface area contributed by atoms with Gasteiger partial charge in [-0.15, -0.1) is 11.3 Å². The minimum atomic E-state index is -0.490. The Morgan fingerprint density at radius 3 is 2.47 bits per heavy atom. The first-order valence-electron chi connectivity index (χ1n) is 11.4. The molecule has 1 aliphatic rings. The maximum absolute atomic E-state index is 12.9. The van der Waals surface area contributed by atoms with Gasteiger partial charge in [-0.05, 0) is 36.8 Å². The third-order valence-corrected chi connectivity index (χ3v) is 7.17. The van der Waals surface area contributed by atoms with Gasteiger partial charge in [-0.3, -0.25) is 19.8 Å². The molecule has 1 saturated heterocycles. The molecule has 188 valence electrons. The van der Waals surface area contributed by atoms with Crippen molar-refractivity contribution in [3.63, 3.8) is 0 Å². The molecule has 36 heavy (non-hydrogen) atoms. The molecule has 0 saturated carbocycles. The van der Waals surface area contributed by atoms with Gasteiger partial charge in [-0.25, -0.2) is 4.79 Å². The highest BCUT2D eigenvalue weighted by Crippen LogP contribution is 2.36. The Kier molecular flexibility index (Phi) is 8.19. The number of nitro benzene ring substituents is 1. The number of anilines is 2. The van der Waals surface area contributed by atoms with Gasteiger partial charge in [0.2, 0.25) is 5.91 Å². The van der Waals surface area contributed by atoms with E-state index in [-0.39, 0.29) is 29.7 Å². The van der Waals surface area contributed by atoms with Crippen molar-refractivity contribution >= 4 is 51.9 Å². The highest BCUT2D eigenvalue weighted by molar-refractivity contribution is 7.18. The molecule has 1 fully saturated rings. The number of nitro groups is 1. The summed E-state index contributed by atoms with van der Waals surface area (Å²) >= 11 is 7.24. The van der Waals surface area contributed by atoms with Crippen LogP contribution in [0.4, 0.5) is 17.1 Å². The van der Waals surface area contributed by atoms with Crippen LogP contribution in [0, 0.1) is 10.1 Å². The number of carbonyl (C=O) groups is 2. The summed E-state index contributed by atoms with van der Waals surface area (Å²) in [5.74, 6) is -0.740. The van der Waals surface area contributed by atoms with Crippen LogP contribution in [0.25, 0.3) is 10.4 Å². The molecule has 3 aromatic rings. The van der Waals surface area contributed by atoms with E-state index in [1.165, 1.54) is 17.4 Å². The van der Waals surface area contributed by atoms with Crippen LogP contribution in [0.1, 0.15) is 16.6 Å². The molecule has 0 bridgehead atoms. The van der Waals surface area contributed by atoms with Crippen molar-refractivity contribution in [3.8, 4) is 10.4 Å². The van der Waals surface area contributed by atoms with Crippen LogP contribution >= 0.6 is 22.9 Å². The average Bonchev–Trinajstić information content (AvgIpc) is 3.28. The first kappa shape index (κ1) is 25.6. The lowest BCUT2D eigenvalue weighted by molar-refractivity contribution is -0.384. The molecule has 1 N–H and O–H groups in total. The summed E-state index contributed by atoms with van der Waals surface area (Å²) in [5, 5.41) is 14.8. The van der Waals surface area contributed by atoms with E-state index < -0.39 is 5.97 Å². The second-order valence-electron chi connectivity index (χ2n) is 8.14. The maximum Gasteiger partial charge on any atom is 0.350 e. The van der Waals surface area contributed by atoms with E-state index in [2.05, 4.69) is 5.32 Å². The highest BCUT2D eigenvalue weighted by atomic mass is 35.5. The van der Waals surface area contributed by atoms with Crippen molar-refractivity contribution in [1.82, 2.24) is 4.90 Å². The van der Waals surface area contributed by atoms with E-state index in [9.17, 15) is 19.7 Å². The molecule has 4 rings (SSSR count). The Balaban J connectivity index is 1.41. The second kappa shape index (κ2) is 11.5. The summed E-state index contributed by atoms with van der Waals surface area (Å²) < 4.78 is 5.18. The average molecular weight is 529 g/mol. The van der Waals surface area contributed by atoms with Crippen LogP contribution in [-0.2, 0) is 9.53 Å². The fourth-order valence-corrected chi connectivity index (χ4v) is 5.15. The molecule has 9 nitrogen and oxygen atoms in total. The lowest BCUT2D eigenvalue weighted by Crippen LogP contribution is -2.48. The van der Waals surface area contributed by atoms with Gasteiger partial charge in [-0.1, -0.05) is 35.9 Å². The van der Waals surface area contributed by atoms with Crippen molar-refractivity contribution in [1.29, 1.82) is 0 Å². The van der Waals surface area contributed by atoms with Gasteiger partial charge in [-0.2, -0.15) is 0 Å². The second-order valence-corrected chi connectivity index (χ2v) is 9.63. The third kappa shape index (κ3) is 6.01. The number of nitrogens with one attached hydrogen (secondary N) is 1. The van der Waals surface area contributed by atoms with Gasteiger partial charge in [0.05, 0.1) is 23.8 Å². The van der Waals surface area contributed by atoms with Crippen LogP contribution < -0.4 is 10.2 Å². The van der Waals surface area contributed by atoms with Crippen LogP contribution in [0.3, 0.4) is 0 Å². The summed E-state index contributed by atoms with van der Waals surface area (Å²) in [6, 6.07) is 15.7. The Bertz CT molecular complexity index is 1260. The molecular formula is C25H25ClN4O5S.